The molecule has 92 valence electrons. The molecule has 0 bridgehead atoms. The largest absolute Gasteiger partial charge is 0.273 e. The van der Waals surface area contributed by atoms with Crippen molar-refractivity contribution in [3.8, 4) is 0 Å². The number of aliphatic imine (C=N–C) groups is 1. The Kier molecular flexibility index (Phi) is 4.26. The predicted molar refractivity (Wildman–Crippen MR) is 76.4 cm³/mol. The van der Waals surface area contributed by atoms with Gasteiger partial charge in [0.25, 0.3) is 0 Å². The van der Waals surface area contributed by atoms with E-state index in [0.717, 1.165) is 15.6 Å². The molecule has 0 heterocycles. The molecule has 3 heteroatoms. The molecule has 2 nitrogen and oxygen atoms in total. The van der Waals surface area contributed by atoms with E-state index >= 15 is 0 Å². The second-order valence-corrected chi connectivity index (χ2v) is 6.39. The van der Waals surface area contributed by atoms with Crippen LogP contribution in [-0.2, 0) is 4.79 Å². The van der Waals surface area contributed by atoms with Crippen LogP contribution in [0.2, 0.25) is 0 Å². The third-order valence-electron chi connectivity index (χ3n) is 2.26. The van der Waals surface area contributed by atoms with Crippen LogP contribution in [0.4, 0.5) is 0 Å². The summed E-state index contributed by atoms with van der Waals surface area (Å²) in [5.41, 5.74) is 2.40. The molecule has 0 fully saturated rings. The van der Waals surface area contributed by atoms with Gasteiger partial charge in [0.05, 0.1) is 5.71 Å². The predicted octanol–water partition coefficient (Wildman–Crippen LogP) is 4.19. The zero-order valence-corrected chi connectivity index (χ0v) is 12.4. The molecular weight excluding hydrogens is 278 g/mol. The Bertz CT molecular complexity index is 447. The summed E-state index contributed by atoms with van der Waals surface area (Å²) in [7, 11) is 0. The second-order valence-electron chi connectivity index (χ2n) is 5.47. The number of amides is 1. The maximum atomic E-state index is 11.8. The van der Waals surface area contributed by atoms with E-state index in [-0.39, 0.29) is 11.3 Å². The van der Waals surface area contributed by atoms with Crippen molar-refractivity contribution in [3.63, 3.8) is 0 Å². The molecule has 1 aliphatic rings. The SMILES string of the molecule is C=C1C=C(Br)C=C(C)C1=NC(=O)CC(C)(C)C. The molecule has 0 saturated heterocycles. The van der Waals surface area contributed by atoms with E-state index in [2.05, 4.69) is 27.5 Å². The molecule has 0 spiro atoms. The first-order chi connectivity index (χ1) is 7.69. The first-order valence-electron chi connectivity index (χ1n) is 5.56. The quantitative estimate of drug-likeness (QED) is 0.713. The fourth-order valence-corrected chi connectivity index (χ4v) is 2.20. The van der Waals surface area contributed by atoms with Crippen LogP contribution in [-0.4, -0.2) is 11.6 Å². The molecule has 1 amide bonds. The summed E-state index contributed by atoms with van der Waals surface area (Å²) in [5.74, 6) is -0.0900. The van der Waals surface area contributed by atoms with E-state index in [1.165, 1.54) is 0 Å². The Morgan fingerprint density at radius 2 is 2.00 bits per heavy atom. The van der Waals surface area contributed by atoms with Gasteiger partial charge in [-0.3, -0.25) is 4.79 Å². The minimum Gasteiger partial charge on any atom is -0.273 e. The smallest absolute Gasteiger partial charge is 0.246 e. The molecule has 1 rings (SSSR count). The van der Waals surface area contributed by atoms with Gasteiger partial charge in [-0.1, -0.05) is 43.3 Å². The average molecular weight is 296 g/mol. The fourth-order valence-electron chi connectivity index (χ4n) is 1.58. The Hall–Kier alpha value is -0.960. The minimum absolute atomic E-state index is 0.0365. The average Bonchev–Trinajstić information content (AvgIpc) is 2.08. The summed E-state index contributed by atoms with van der Waals surface area (Å²) in [6.07, 6.45) is 4.26. The number of hydrogen-bond donors (Lipinski definition) is 0. The lowest BCUT2D eigenvalue weighted by Crippen LogP contribution is -2.15. The molecular formula is C14H18BrNO. The van der Waals surface area contributed by atoms with E-state index in [1.807, 2.05) is 39.8 Å². The van der Waals surface area contributed by atoms with Crippen LogP contribution < -0.4 is 0 Å². The standard InChI is InChI=1S/C14H18BrNO/c1-9-6-11(15)7-10(2)13(9)16-12(17)8-14(3,4)5/h6-7H,1,8H2,2-5H3. The van der Waals surface area contributed by atoms with Crippen LogP contribution in [0.15, 0.2) is 39.4 Å². The third kappa shape index (κ3) is 4.43. The van der Waals surface area contributed by atoms with Gasteiger partial charge in [0.2, 0.25) is 5.91 Å². The van der Waals surface area contributed by atoms with Gasteiger partial charge in [-0.2, -0.15) is 0 Å². The lowest BCUT2D eigenvalue weighted by molar-refractivity contribution is -0.119. The topological polar surface area (TPSA) is 29.4 Å². The maximum absolute atomic E-state index is 11.8. The number of hydrogen-bond acceptors (Lipinski definition) is 1. The van der Waals surface area contributed by atoms with Gasteiger partial charge in [0, 0.05) is 10.9 Å². The van der Waals surface area contributed by atoms with Crippen molar-refractivity contribution < 1.29 is 4.79 Å². The van der Waals surface area contributed by atoms with Crippen molar-refractivity contribution in [2.24, 2.45) is 10.4 Å². The molecule has 0 aliphatic heterocycles. The van der Waals surface area contributed by atoms with Crippen molar-refractivity contribution in [2.45, 2.75) is 34.1 Å². The summed E-state index contributed by atoms with van der Waals surface area (Å²) < 4.78 is 0.960. The monoisotopic (exact) mass is 295 g/mol. The van der Waals surface area contributed by atoms with Crippen LogP contribution in [0.1, 0.15) is 34.1 Å². The number of allylic oxidation sites excluding steroid dienone is 5. The molecule has 0 radical (unpaired) electrons. The van der Waals surface area contributed by atoms with E-state index in [9.17, 15) is 4.79 Å². The van der Waals surface area contributed by atoms with E-state index in [1.54, 1.807) is 0 Å². The number of carbonyl (C=O) groups excluding carboxylic acids is 1. The molecule has 0 aromatic carbocycles. The summed E-state index contributed by atoms with van der Waals surface area (Å²) in [6, 6.07) is 0. The fraction of sp³-hybridized carbons (Fsp3) is 0.429. The third-order valence-corrected chi connectivity index (χ3v) is 2.72. The molecule has 17 heavy (non-hydrogen) atoms. The molecule has 1 aliphatic carbocycles. The minimum atomic E-state index is -0.0900. The Labute approximate surface area is 111 Å². The van der Waals surface area contributed by atoms with Gasteiger partial charge >= 0.3 is 0 Å². The molecule has 0 atom stereocenters. The summed E-state index contributed by atoms with van der Waals surface area (Å²) in [4.78, 5) is 16.0. The van der Waals surface area contributed by atoms with Crippen LogP contribution in [0.3, 0.4) is 0 Å². The number of rotatable bonds is 1. The Morgan fingerprint density at radius 1 is 1.41 bits per heavy atom. The summed E-state index contributed by atoms with van der Waals surface area (Å²) in [6.45, 7) is 11.9. The number of halogens is 1. The van der Waals surface area contributed by atoms with Gasteiger partial charge in [0.1, 0.15) is 0 Å². The lowest BCUT2D eigenvalue weighted by Gasteiger charge is -2.16. The molecule has 0 N–H and O–H groups in total. The first-order valence-corrected chi connectivity index (χ1v) is 6.35. The van der Waals surface area contributed by atoms with Crippen molar-refractivity contribution >= 4 is 27.5 Å². The van der Waals surface area contributed by atoms with E-state index < -0.39 is 0 Å². The zero-order valence-electron chi connectivity index (χ0n) is 10.8. The highest BCUT2D eigenvalue weighted by Crippen LogP contribution is 2.24. The van der Waals surface area contributed by atoms with Crippen LogP contribution >= 0.6 is 15.9 Å². The summed E-state index contributed by atoms with van der Waals surface area (Å²) in [5, 5.41) is 0. The molecule has 0 unspecified atom stereocenters. The molecule has 0 saturated carbocycles. The van der Waals surface area contributed by atoms with Crippen molar-refractivity contribution in [3.05, 3.63) is 34.4 Å². The van der Waals surface area contributed by atoms with E-state index in [0.29, 0.717) is 12.1 Å². The van der Waals surface area contributed by atoms with Crippen LogP contribution in [0.25, 0.3) is 0 Å². The van der Waals surface area contributed by atoms with E-state index in [4.69, 9.17) is 0 Å². The van der Waals surface area contributed by atoms with Gasteiger partial charge in [-0.05, 0) is 35.6 Å². The second kappa shape index (κ2) is 5.13. The van der Waals surface area contributed by atoms with Crippen molar-refractivity contribution in [2.75, 3.05) is 0 Å². The van der Waals surface area contributed by atoms with Crippen LogP contribution in [0.5, 0.6) is 0 Å². The molecule has 0 aromatic rings. The summed E-state index contributed by atoms with van der Waals surface area (Å²) >= 11 is 3.40. The highest BCUT2D eigenvalue weighted by atomic mass is 79.9. The van der Waals surface area contributed by atoms with Gasteiger partial charge in [-0.25, -0.2) is 4.99 Å². The van der Waals surface area contributed by atoms with Crippen LogP contribution in [0, 0.1) is 5.41 Å². The number of carbonyl (C=O) groups is 1. The Balaban J connectivity index is 2.91. The van der Waals surface area contributed by atoms with Crippen molar-refractivity contribution in [1.29, 1.82) is 0 Å². The molecule has 0 aromatic heterocycles. The first kappa shape index (κ1) is 14.1. The Morgan fingerprint density at radius 3 is 2.47 bits per heavy atom. The number of nitrogens with zero attached hydrogens (tertiary/aromatic N) is 1. The highest BCUT2D eigenvalue weighted by Gasteiger charge is 2.18. The highest BCUT2D eigenvalue weighted by molar-refractivity contribution is 9.11. The van der Waals surface area contributed by atoms with Crippen molar-refractivity contribution in [1.82, 2.24) is 0 Å². The normalized spacial score (nSPS) is 19.1. The maximum Gasteiger partial charge on any atom is 0.246 e. The zero-order chi connectivity index (χ0) is 13.2. The van der Waals surface area contributed by atoms with Gasteiger partial charge < -0.3 is 0 Å². The lowest BCUT2D eigenvalue weighted by atomic mass is 9.92. The van der Waals surface area contributed by atoms with Gasteiger partial charge in [-0.15, -0.1) is 0 Å². The van der Waals surface area contributed by atoms with Gasteiger partial charge in [0.15, 0.2) is 0 Å².